The van der Waals surface area contributed by atoms with Crippen molar-refractivity contribution in [3.63, 3.8) is 0 Å². The highest BCUT2D eigenvalue weighted by Crippen LogP contribution is 2.47. The molecule has 3 heteroatoms. The van der Waals surface area contributed by atoms with Crippen molar-refractivity contribution >= 4 is 12.4 Å². The molecule has 0 aromatic carbocycles. The minimum absolute atomic E-state index is 0. The average molecular weight is 145 g/mol. The Balaban J connectivity index is 0.000000405. The summed E-state index contributed by atoms with van der Waals surface area (Å²) in [5.74, 6) is 1.86. The van der Waals surface area contributed by atoms with Crippen molar-refractivity contribution in [3.8, 4) is 6.07 Å². The lowest BCUT2D eigenvalue weighted by atomic mass is 10.3. The third-order valence-electron chi connectivity index (χ3n) is 2.24. The summed E-state index contributed by atoms with van der Waals surface area (Å²) in [6, 6.07) is 2.30. The van der Waals surface area contributed by atoms with Crippen LogP contribution in [0.3, 0.4) is 0 Å². The van der Waals surface area contributed by atoms with Gasteiger partial charge in [0.1, 0.15) is 0 Å². The molecule has 2 aliphatic rings. The van der Waals surface area contributed by atoms with Crippen LogP contribution in [0, 0.1) is 29.1 Å². The number of piperidine rings is 1. The molecule has 1 aliphatic carbocycles. The smallest absolute Gasteiger partial charge is 0.0662 e. The predicted octanol–water partition coefficient (Wildman–Crippen LogP) is 0.397. The molecular weight excluding hydrogens is 136 g/mol. The molecule has 1 saturated heterocycles. The van der Waals surface area contributed by atoms with E-state index in [4.69, 9.17) is 5.26 Å². The number of hydrogen-bond acceptors (Lipinski definition) is 2. The Morgan fingerprint density at radius 1 is 1.33 bits per heavy atom. The van der Waals surface area contributed by atoms with Gasteiger partial charge in [0, 0.05) is 0 Å². The van der Waals surface area contributed by atoms with E-state index in [0.717, 1.165) is 24.9 Å². The third kappa shape index (κ3) is 0.810. The highest BCUT2D eigenvalue weighted by Gasteiger charge is 2.53. The monoisotopic (exact) mass is 144 g/mol. The minimum Gasteiger partial charge on any atom is -0.316 e. The molecule has 50 valence electrons. The van der Waals surface area contributed by atoms with Gasteiger partial charge in [0.2, 0.25) is 0 Å². The van der Waals surface area contributed by atoms with Crippen molar-refractivity contribution < 1.29 is 0 Å². The van der Waals surface area contributed by atoms with Crippen molar-refractivity contribution in [2.45, 2.75) is 0 Å². The fraction of sp³-hybridized carbons (Fsp3) is 0.833. The Bertz CT molecular complexity index is 142. The Morgan fingerprint density at radius 3 is 2.22 bits per heavy atom. The van der Waals surface area contributed by atoms with Gasteiger partial charge in [-0.2, -0.15) is 5.26 Å². The summed E-state index contributed by atoms with van der Waals surface area (Å²) in [6.45, 7) is 2.17. The quantitative estimate of drug-likeness (QED) is 0.534. The van der Waals surface area contributed by atoms with Crippen molar-refractivity contribution in [3.05, 3.63) is 0 Å². The molecule has 0 amide bonds. The second-order valence-electron chi connectivity index (χ2n) is 2.64. The van der Waals surface area contributed by atoms with Crippen LogP contribution in [0.2, 0.25) is 0 Å². The fourth-order valence-electron chi connectivity index (χ4n) is 1.61. The predicted molar refractivity (Wildman–Crippen MR) is 36.2 cm³/mol. The highest BCUT2D eigenvalue weighted by molar-refractivity contribution is 5.85. The number of nitrogens with one attached hydrogen (secondary N) is 1. The molecule has 0 aromatic rings. The fourth-order valence-corrected chi connectivity index (χ4v) is 1.61. The average Bonchev–Trinajstić information content (AvgIpc) is 2.22. The molecule has 0 aromatic heterocycles. The largest absolute Gasteiger partial charge is 0.316 e. The van der Waals surface area contributed by atoms with Gasteiger partial charge in [0.05, 0.1) is 12.0 Å². The Morgan fingerprint density at radius 2 is 1.89 bits per heavy atom. The summed E-state index contributed by atoms with van der Waals surface area (Å²) in [4.78, 5) is 0. The van der Waals surface area contributed by atoms with Gasteiger partial charge >= 0.3 is 0 Å². The van der Waals surface area contributed by atoms with E-state index in [1.54, 1.807) is 0 Å². The Labute approximate surface area is 60.6 Å². The van der Waals surface area contributed by atoms with Crippen LogP contribution in [0.5, 0.6) is 0 Å². The number of rotatable bonds is 0. The first-order chi connectivity index (χ1) is 3.93. The van der Waals surface area contributed by atoms with Crippen LogP contribution in [0.4, 0.5) is 0 Å². The molecule has 0 radical (unpaired) electrons. The number of nitrogens with zero attached hydrogens (tertiary/aromatic N) is 1. The summed E-state index contributed by atoms with van der Waals surface area (Å²) in [6.07, 6.45) is 0. The molecule has 2 fully saturated rings. The molecular formula is C6H9ClN2. The van der Waals surface area contributed by atoms with Gasteiger partial charge in [-0.1, -0.05) is 0 Å². The standard InChI is InChI=1S/C6H8N2.ClH/c7-1-4-5-2-8-3-6(4)5;/h4-6,8H,2-3H2;1H/t4?,5-,6+;. The first kappa shape index (κ1) is 6.85. The lowest BCUT2D eigenvalue weighted by Gasteiger charge is -1.92. The highest BCUT2D eigenvalue weighted by atomic mass is 35.5. The molecule has 1 heterocycles. The molecule has 9 heavy (non-hydrogen) atoms. The first-order valence-electron chi connectivity index (χ1n) is 3.04. The molecule has 1 aliphatic heterocycles. The van der Waals surface area contributed by atoms with Gasteiger partial charge in [0.15, 0.2) is 0 Å². The summed E-state index contributed by atoms with van der Waals surface area (Å²) < 4.78 is 0. The van der Waals surface area contributed by atoms with Gasteiger partial charge in [-0.15, -0.1) is 12.4 Å². The van der Waals surface area contributed by atoms with Gasteiger partial charge in [0.25, 0.3) is 0 Å². The van der Waals surface area contributed by atoms with Crippen LogP contribution in [0.1, 0.15) is 0 Å². The van der Waals surface area contributed by atoms with E-state index >= 15 is 0 Å². The zero-order valence-corrected chi connectivity index (χ0v) is 5.82. The number of halogens is 1. The van der Waals surface area contributed by atoms with Crippen molar-refractivity contribution in [2.75, 3.05) is 13.1 Å². The minimum atomic E-state index is 0. The molecule has 2 rings (SSSR count). The first-order valence-corrected chi connectivity index (χ1v) is 3.04. The van der Waals surface area contributed by atoms with E-state index in [9.17, 15) is 0 Å². The van der Waals surface area contributed by atoms with E-state index in [-0.39, 0.29) is 12.4 Å². The molecule has 2 nitrogen and oxygen atoms in total. The third-order valence-corrected chi connectivity index (χ3v) is 2.24. The number of fused-ring (bicyclic) bond motifs is 1. The Kier molecular flexibility index (Phi) is 1.65. The van der Waals surface area contributed by atoms with E-state index in [0.29, 0.717) is 5.92 Å². The van der Waals surface area contributed by atoms with Crippen molar-refractivity contribution in [2.24, 2.45) is 17.8 Å². The molecule has 0 bridgehead atoms. The topological polar surface area (TPSA) is 35.8 Å². The van der Waals surface area contributed by atoms with Crippen LogP contribution in [0.25, 0.3) is 0 Å². The van der Waals surface area contributed by atoms with Gasteiger partial charge in [-0.05, 0) is 24.9 Å². The molecule has 0 spiro atoms. The van der Waals surface area contributed by atoms with Gasteiger partial charge < -0.3 is 5.32 Å². The van der Waals surface area contributed by atoms with Crippen molar-refractivity contribution in [1.82, 2.24) is 5.32 Å². The molecule has 3 atom stereocenters. The maximum Gasteiger partial charge on any atom is 0.0662 e. The number of hydrogen-bond donors (Lipinski definition) is 1. The van der Waals surface area contributed by atoms with Gasteiger partial charge in [-0.25, -0.2) is 0 Å². The lowest BCUT2D eigenvalue weighted by Crippen LogP contribution is -2.13. The summed E-state index contributed by atoms with van der Waals surface area (Å²) in [5, 5.41) is 11.7. The van der Waals surface area contributed by atoms with Gasteiger partial charge in [-0.3, -0.25) is 0 Å². The van der Waals surface area contributed by atoms with Crippen molar-refractivity contribution in [1.29, 1.82) is 5.26 Å². The Hall–Kier alpha value is -0.260. The van der Waals surface area contributed by atoms with Crippen LogP contribution in [-0.2, 0) is 0 Å². The zero-order valence-electron chi connectivity index (χ0n) is 5.00. The lowest BCUT2D eigenvalue weighted by molar-refractivity contribution is 0.675. The van der Waals surface area contributed by atoms with E-state index in [1.165, 1.54) is 0 Å². The molecule has 1 unspecified atom stereocenters. The summed E-state index contributed by atoms with van der Waals surface area (Å²) in [7, 11) is 0. The summed E-state index contributed by atoms with van der Waals surface area (Å²) >= 11 is 0. The van der Waals surface area contributed by atoms with E-state index in [1.807, 2.05) is 0 Å². The summed E-state index contributed by atoms with van der Waals surface area (Å²) in [5.41, 5.74) is 0. The normalized spacial score (nSPS) is 44.6. The van der Waals surface area contributed by atoms with E-state index in [2.05, 4.69) is 11.4 Å². The maximum absolute atomic E-state index is 8.43. The molecule has 1 saturated carbocycles. The van der Waals surface area contributed by atoms with Crippen LogP contribution >= 0.6 is 12.4 Å². The molecule has 1 N–H and O–H groups in total. The van der Waals surface area contributed by atoms with Crippen LogP contribution in [0.15, 0.2) is 0 Å². The number of nitriles is 1. The van der Waals surface area contributed by atoms with Crippen LogP contribution in [-0.4, -0.2) is 13.1 Å². The SMILES string of the molecule is Cl.N#CC1[C@H]2CNC[C@@H]12. The van der Waals surface area contributed by atoms with E-state index < -0.39 is 0 Å². The van der Waals surface area contributed by atoms with Crippen LogP contribution < -0.4 is 5.32 Å². The maximum atomic E-state index is 8.43. The second-order valence-corrected chi connectivity index (χ2v) is 2.64. The zero-order chi connectivity index (χ0) is 5.56. The second kappa shape index (κ2) is 2.17.